The Morgan fingerprint density at radius 2 is 1.65 bits per heavy atom. The van der Waals surface area contributed by atoms with Gasteiger partial charge in [0.15, 0.2) is 0 Å². The number of aliphatic hydroxyl groups excluding tert-OH is 1. The van der Waals surface area contributed by atoms with E-state index in [9.17, 15) is 14.7 Å². The van der Waals surface area contributed by atoms with E-state index in [0.717, 1.165) is 12.1 Å². The molecule has 2 aromatic rings. The summed E-state index contributed by atoms with van der Waals surface area (Å²) in [5.74, 6) is -0.0955. The second-order valence-corrected chi connectivity index (χ2v) is 8.84. The summed E-state index contributed by atoms with van der Waals surface area (Å²) >= 11 is 0. The summed E-state index contributed by atoms with van der Waals surface area (Å²) < 4.78 is 11.2. The van der Waals surface area contributed by atoms with Crippen molar-refractivity contribution in [3.8, 4) is 11.5 Å². The molecule has 1 saturated heterocycles. The first-order valence-corrected chi connectivity index (χ1v) is 11.7. The van der Waals surface area contributed by atoms with Gasteiger partial charge in [-0.3, -0.25) is 9.59 Å². The minimum Gasteiger partial charge on any atom is -0.507 e. The first-order valence-electron chi connectivity index (χ1n) is 11.7. The normalized spacial score (nSPS) is 17.6. The molecular formula is C27H34N2O5. The van der Waals surface area contributed by atoms with Crippen molar-refractivity contribution in [1.82, 2.24) is 9.80 Å². The number of rotatable bonds is 10. The highest BCUT2D eigenvalue weighted by Gasteiger charge is 2.45. The van der Waals surface area contributed by atoms with Gasteiger partial charge in [-0.15, -0.1) is 0 Å². The van der Waals surface area contributed by atoms with Gasteiger partial charge in [-0.05, 0) is 89.8 Å². The molecule has 1 amide bonds. The molecule has 1 fully saturated rings. The van der Waals surface area contributed by atoms with Crippen LogP contribution in [0, 0.1) is 0 Å². The van der Waals surface area contributed by atoms with Gasteiger partial charge in [0.2, 0.25) is 0 Å². The number of carbonyl (C=O) groups excluding carboxylic acids is 2. The molecule has 3 rings (SSSR count). The molecule has 0 radical (unpaired) electrons. The lowest BCUT2D eigenvalue weighted by Gasteiger charge is -2.26. The van der Waals surface area contributed by atoms with Gasteiger partial charge in [-0.2, -0.15) is 0 Å². The Kier molecular flexibility index (Phi) is 8.34. The third-order valence-electron chi connectivity index (χ3n) is 5.55. The maximum atomic E-state index is 13.1. The molecule has 34 heavy (non-hydrogen) atoms. The molecule has 2 aromatic carbocycles. The van der Waals surface area contributed by atoms with Crippen LogP contribution in [-0.2, 0) is 9.59 Å². The summed E-state index contributed by atoms with van der Waals surface area (Å²) in [5.41, 5.74) is 1.30. The van der Waals surface area contributed by atoms with Gasteiger partial charge in [0.25, 0.3) is 11.7 Å². The summed E-state index contributed by atoms with van der Waals surface area (Å²) in [5, 5.41) is 11.2. The SMILES string of the molecule is CCOc1ccc(/C(O)=C2\C(=O)C(=O)N(CCCN(C)C)[C@H]2c2ccc(OC(C)C)cc2)cc1. The van der Waals surface area contributed by atoms with Crippen molar-refractivity contribution in [3.05, 3.63) is 65.2 Å². The van der Waals surface area contributed by atoms with Crippen molar-refractivity contribution in [2.75, 3.05) is 33.8 Å². The fraction of sp³-hybridized carbons (Fsp3) is 0.407. The van der Waals surface area contributed by atoms with Crippen molar-refractivity contribution in [2.45, 2.75) is 39.3 Å². The zero-order chi connectivity index (χ0) is 24.8. The zero-order valence-corrected chi connectivity index (χ0v) is 20.6. The Bertz CT molecular complexity index is 1030. The monoisotopic (exact) mass is 466 g/mol. The number of benzene rings is 2. The number of hydrogen-bond donors (Lipinski definition) is 1. The van der Waals surface area contributed by atoms with E-state index < -0.39 is 17.7 Å². The quantitative estimate of drug-likeness (QED) is 0.320. The Morgan fingerprint density at radius 3 is 2.21 bits per heavy atom. The average molecular weight is 467 g/mol. The molecule has 1 aliphatic rings. The highest BCUT2D eigenvalue weighted by molar-refractivity contribution is 6.46. The summed E-state index contributed by atoms with van der Waals surface area (Å²) in [6.45, 7) is 7.49. The largest absolute Gasteiger partial charge is 0.507 e. The fourth-order valence-corrected chi connectivity index (χ4v) is 4.05. The topological polar surface area (TPSA) is 79.3 Å². The molecule has 1 N–H and O–H groups in total. The summed E-state index contributed by atoms with van der Waals surface area (Å²) in [6, 6.07) is 13.5. The van der Waals surface area contributed by atoms with Gasteiger partial charge < -0.3 is 24.4 Å². The summed E-state index contributed by atoms with van der Waals surface area (Å²) in [6.07, 6.45) is 0.732. The maximum absolute atomic E-state index is 13.1. The smallest absolute Gasteiger partial charge is 0.295 e. The fourth-order valence-electron chi connectivity index (χ4n) is 4.05. The average Bonchev–Trinajstić information content (AvgIpc) is 3.04. The second kappa shape index (κ2) is 11.2. The van der Waals surface area contributed by atoms with Crippen LogP contribution in [0.3, 0.4) is 0 Å². The molecule has 1 atom stereocenters. The minimum atomic E-state index is -0.679. The molecule has 0 saturated carbocycles. The number of amides is 1. The Morgan fingerprint density at radius 1 is 1.03 bits per heavy atom. The highest BCUT2D eigenvalue weighted by Crippen LogP contribution is 2.40. The summed E-state index contributed by atoms with van der Waals surface area (Å²) in [7, 11) is 3.93. The number of Topliss-reactive ketones (excluding diaryl/α,β-unsaturated/α-hetero) is 1. The third-order valence-corrected chi connectivity index (χ3v) is 5.55. The minimum absolute atomic E-state index is 0.0298. The van der Waals surface area contributed by atoms with Crippen LogP contribution in [0.15, 0.2) is 54.1 Å². The molecule has 7 heteroatoms. The predicted molar refractivity (Wildman–Crippen MR) is 132 cm³/mol. The van der Waals surface area contributed by atoms with Crippen LogP contribution < -0.4 is 9.47 Å². The number of ketones is 1. The van der Waals surface area contributed by atoms with Crippen LogP contribution in [0.25, 0.3) is 5.76 Å². The molecule has 0 unspecified atom stereocenters. The Balaban J connectivity index is 2.03. The highest BCUT2D eigenvalue weighted by atomic mass is 16.5. The van der Waals surface area contributed by atoms with E-state index >= 15 is 0 Å². The van der Waals surface area contributed by atoms with Gasteiger partial charge in [-0.1, -0.05) is 12.1 Å². The van der Waals surface area contributed by atoms with E-state index in [1.807, 2.05) is 64.0 Å². The van der Waals surface area contributed by atoms with Crippen LogP contribution in [0.2, 0.25) is 0 Å². The second-order valence-electron chi connectivity index (χ2n) is 8.84. The predicted octanol–water partition coefficient (Wildman–Crippen LogP) is 4.25. The standard InChI is InChI=1S/C27H34N2O5/c1-6-33-21-12-10-20(11-13-21)25(30)23-24(19-8-14-22(15-9-19)34-18(2)3)29(27(32)26(23)31)17-7-16-28(4)5/h8-15,18,24,30H,6-7,16-17H2,1-5H3/b25-23+/t24-/m0/s1. The molecule has 0 spiro atoms. The van der Waals surface area contributed by atoms with Crippen molar-refractivity contribution in [2.24, 2.45) is 0 Å². The molecular weight excluding hydrogens is 432 g/mol. The van der Waals surface area contributed by atoms with Gasteiger partial charge in [0, 0.05) is 12.1 Å². The molecule has 0 bridgehead atoms. The van der Waals surface area contributed by atoms with Gasteiger partial charge in [-0.25, -0.2) is 0 Å². The molecule has 0 aliphatic carbocycles. The van der Waals surface area contributed by atoms with Gasteiger partial charge >= 0.3 is 0 Å². The molecule has 7 nitrogen and oxygen atoms in total. The zero-order valence-electron chi connectivity index (χ0n) is 20.6. The number of nitrogens with zero attached hydrogens (tertiary/aromatic N) is 2. The van der Waals surface area contributed by atoms with Crippen molar-refractivity contribution in [1.29, 1.82) is 0 Å². The van der Waals surface area contributed by atoms with E-state index in [-0.39, 0.29) is 17.4 Å². The van der Waals surface area contributed by atoms with Crippen LogP contribution in [0.5, 0.6) is 11.5 Å². The van der Waals surface area contributed by atoms with E-state index in [4.69, 9.17) is 9.47 Å². The lowest BCUT2D eigenvalue weighted by molar-refractivity contribution is -0.139. The van der Waals surface area contributed by atoms with Crippen LogP contribution in [0.1, 0.15) is 44.4 Å². The van der Waals surface area contributed by atoms with Gasteiger partial charge in [0.1, 0.15) is 17.3 Å². The Hall–Kier alpha value is -3.32. The third kappa shape index (κ3) is 5.78. The van der Waals surface area contributed by atoms with Gasteiger partial charge in [0.05, 0.1) is 24.3 Å². The van der Waals surface area contributed by atoms with Crippen LogP contribution >= 0.6 is 0 Å². The van der Waals surface area contributed by atoms with E-state index in [2.05, 4.69) is 0 Å². The lowest BCUT2D eigenvalue weighted by atomic mass is 9.95. The lowest BCUT2D eigenvalue weighted by Crippen LogP contribution is -2.32. The maximum Gasteiger partial charge on any atom is 0.295 e. The first-order chi connectivity index (χ1) is 16.2. The van der Waals surface area contributed by atoms with Crippen molar-refractivity contribution < 1.29 is 24.2 Å². The first kappa shape index (κ1) is 25.3. The van der Waals surface area contributed by atoms with E-state index in [1.165, 1.54) is 0 Å². The number of aliphatic hydroxyl groups is 1. The molecule has 1 aliphatic heterocycles. The number of likely N-dealkylation sites (tertiary alicyclic amines) is 1. The van der Waals surface area contributed by atoms with E-state index in [0.29, 0.717) is 36.6 Å². The number of ether oxygens (including phenoxy) is 2. The Labute approximate surface area is 201 Å². The van der Waals surface area contributed by atoms with Crippen LogP contribution in [-0.4, -0.2) is 66.5 Å². The van der Waals surface area contributed by atoms with E-state index in [1.54, 1.807) is 29.2 Å². The molecule has 182 valence electrons. The van der Waals surface area contributed by atoms with Crippen molar-refractivity contribution >= 4 is 17.4 Å². The van der Waals surface area contributed by atoms with Crippen LogP contribution in [0.4, 0.5) is 0 Å². The molecule has 1 heterocycles. The summed E-state index contributed by atoms with van der Waals surface area (Å²) in [4.78, 5) is 29.8. The number of hydrogen-bond acceptors (Lipinski definition) is 6. The molecule has 0 aromatic heterocycles. The number of carbonyl (C=O) groups is 2. The van der Waals surface area contributed by atoms with Crippen molar-refractivity contribution in [3.63, 3.8) is 0 Å².